The lowest BCUT2D eigenvalue weighted by Gasteiger charge is -2.08. The van der Waals surface area contributed by atoms with Gasteiger partial charge in [-0.05, 0) is 22.9 Å². The molecule has 2 rings (SSSR count). The van der Waals surface area contributed by atoms with Crippen LogP contribution in [-0.2, 0) is 11.3 Å². The topological polar surface area (TPSA) is 93.8 Å². The zero-order valence-electron chi connectivity index (χ0n) is 10.2. The standard InChI is InChI=1S/C11H12ClN5O2/c1-7(11(18)19)3-5-17-10(14-15-16-17)8-2-4-13-6-9(8)12/h2,4,6-7H,3,5H2,1H3,(H,18,19). The van der Waals surface area contributed by atoms with Gasteiger partial charge >= 0.3 is 5.97 Å². The fraction of sp³-hybridized carbons (Fsp3) is 0.364. The van der Waals surface area contributed by atoms with Crippen LogP contribution in [0, 0.1) is 5.92 Å². The average Bonchev–Trinajstić information content (AvgIpc) is 2.84. The summed E-state index contributed by atoms with van der Waals surface area (Å²) in [7, 11) is 0. The Hall–Kier alpha value is -2.02. The fourth-order valence-corrected chi connectivity index (χ4v) is 1.75. The van der Waals surface area contributed by atoms with Crippen LogP contribution in [-0.4, -0.2) is 36.3 Å². The van der Waals surface area contributed by atoms with Gasteiger partial charge < -0.3 is 5.11 Å². The van der Waals surface area contributed by atoms with Gasteiger partial charge in [0.1, 0.15) is 0 Å². The predicted molar refractivity (Wildman–Crippen MR) is 67.5 cm³/mol. The van der Waals surface area contributed by atoms with Crippen LogP contribution < -0.4 is 0 Å². The van der Waals surface area contributed by atoms with Crippen LogP contribution in [0.2, 0.25) is 5.02 Å². The number of carbonyl (C=O) groups is 1. The fourth-order valence-electron chi connectivity index (χ4n) is 1.54. The van der Waals surface area contributed by atoms with Crippen LogP contribution in [0.5, 0.6) is 0 Å². The number of rotatable bonds is 5. The molecule has 0 aliphatic heterocycles. The second-order valence-electron chi connectivity index (χ2n) is 4.11. The van der Waals surface area contributed by atoms with E-state index in [0.29, 0.717) is 29.4 Å². The van der Waals surface area contributed by atoms with E-state index in [1.54, 1.807) is 23.9 Å². The highest BCUT2D eigenvalue weighted by Gasteiger charge is 2.15. The number of nitrogens with zero attached hydrogens (tertiary/aromatic N) is 5. The van der Waals surface area contributed by atoms with Crippen molar-refractivity contribution in [2.75, 3.05) is 0 Å². The van der Waals surface area contributed by atoms with E-state index < -0.39 is 11.9 Å². The largest absolute Gasteiger partial charge is 0.481 e. The molecule has 0 saturated heterocycles. The molecule has 0 saturated carbocycles. The third-order valence-electron chi connectivity index (χ3n) is 2.74. The smallest absolute Gasteiger partial charge is 0.306 e. The molecule has 2 aromatic heterocycles. The van der Waals surface area contributed by atoms with Gasteiger partial charge in [-0.15, -0.1) is 5.10 Å². The average molecular weight is 282 g/mol. The molecule has 2 aromatic rings. The van der Waals surface area contributed by atoms with Gasteiger partial charge in [-0.3, -0.25) is 9.78 Å². The van der Waals surface area contributed by atoms with Crippen LogP contribution >= 0.6 is 11.6 Å². The number of aryl methyl sites for hydroxylation is 1. The molecule has 0 bridgehead atoms. The summed E-state index contributed by atoms with van der Waals surface area (Å²) in [5.41, 5.74) is 0.671. The number of aromatic nitrogens is 5. The van der Waals surface area contributed by atoms with Gasteiger partial charge in [0, 0.05) is 24.5 Å². The summed E-state index contributed by atoms with van der Waals surface area (Å²) >= 11 is 6.04. The molecule has 0 spiro atoms. The van der Waals surface area contributed by atoms with Crippen LogP contribution in [0.1, 0.15) is 13.3 Å². The van der Waals surface area contributed by atoms with E-state index in [4.69, 9.17) is 16.7 Å². The maximum atomic E-state index is 10.8. The zero-order chi connectivity index (χ0) is 13.8. The number of hydrogen-bond acceptors (Lipinski definition) is 5. The van der Waals surface area contributed by atoms with E-state index in [9.17, 15) is 4.79 Å². The lowest BCUT2D eigenvalue weighted by atomic mass is 10.1. The van der Waals surface area contributed by atoms with Crippen molar-refractivity contribution < 1.29 is 9.90 Å². The van der Waals surface area contributed by atoms with Gasteiger partial charge in [-0.25, -0.2) is 4.68 Å². The van der Waals surface area contributed by atoms with E-state index in [1.165, 1.54) is 6.20 Å². The molecule has 8 heteroatoms. The number of hydrogen-bond donors (Lipinski definition) is 1. The maximum Gasteiger partial charge on any atom is 0.306 e. The molecule has 0 aliphatic rings. The molecular weight excluding hydrogens is 270 g/mol. The minimum Gasteiger partial charge on any atom is -0.481 e. The van der Waals surface area contributed by atoms with Crippen molar-refractivity contribution in [1.82, 2.24) is 25.2 Å². The first kappa shape index (κ1) is 13.4. The Morgan fingerprint density at radius 2 is 2.37 bits per heavy atom. The maximum absolute atomic E-state index is 10.8. The van der Waals surface area contributed by atoms with Crippen molar-refractivity contribution in [2.24, 2.45) is 5.92 Å². The summed E-state index contributed by atoms with van der Waals surface area (Å²) < 4.78 is 1.54. The van der Waals surface area contributed by atoms with Crippen molar-refractivity contribution in [2.45, 2.75) is 19.9 Å². The number of halogens is 1. The molecule has 2 heterocycles. The number of pyridine rings is 1. The van der Waals surface area contributed by atoms with Gasteiger partial charge in [0.25, 0.3) is 0 Å². The second-order valence-corrected chi connectivity index (χ2v) is 4.52. The molecular formula is C11H12ClN5O2. The first-order valence-corrected chi connectivity index (χ1v) is 6.06. The Kier molecular flexibility index (Phi) is 4.06. The third-order valence-corrected chi connectivity index (χ3v) is 3.04. The molecule has 1 N–H and O–H groups in total. The van der Waals surface area contributed by atoms with E-state index in [2.05, 4.69) is 20.5 Å². The lowest BCUT2D eigenvalue weighted by Crippen LogP contribution is -2.14. The Labute approximate surface area is 114 Å². The van der Waals surface area contributed by atoms with Crippen molar-refractivity contribution in [3.8, 4) is 11.4 Å². The summed E-state index contributed by atoms with van der Waals surface area (Å²) in [4.78, 5) is 14.7. The molecule has 0 amide bonds. The highest BCUT2D eigenvalue weighted by molar-refractivity contribution is 6.33. The van der Waals surface area contributed by atoms with Crippen LogP contribution in [0.25, 0.3) is 11.4 Å². The minimum atomic E-state index is -0.837. The van der Waals surface area contributed by atoms with Crippen molar-refractivity contribution in [3.63, 3.8) is 0 Å². The van der Waals surface area contributed by atoms with Crippen molar-refractivity contribution in [3.05, 3.63) is 23.5 Å². The first-order valence-electron chi connectivity index (χ1n) is 5.68. The monoisotopic (exact) mass is 281 g/mol. The molecule has 100 valence electrons. The molecule has 7 nitrogen and oxygen atoms in total. The summed E-state index contributed by atoms with van der Waals surface area (Å²) in [6.07, 6.45) is 3.55. The van der Waals surface area contributed by atoms with Crippen molar-refractivity contribution in [1.29, 1.82) is 0 Å². The van der Waals surface area contributed by atoms with Gasteiger partial charge in [-0.2, -0.15) is 0 Å². The lowest BCUT2D eigenvalue weighted by molar-refractivity contribution is -0.141. The Balaban J connectivity index is 2.19. The molecule has 0 radical (unpaired) electrons. The second kappa shape index (κ2) is 5.75. The summed E-state index contributed by atoms with van der Waals surface area (Å²) in [5.74, 6) is -0.786. The van der Waals surface area contributed by atoms with E-state index in [0.717, 1.165) is 0 Å². The van der Waals surface area contributed by atoms with Gasteiger partial charge in [0.15, 0.2) is 5.82 Å². The van der Waals surface area contributed by atoms with Crippen LogP contribution in [0.3, 0.4) is 0 Å². The Morgan fingerprint density at radius 3 is 3.05 bits per heavy atom. The molecule has 19 heavy (non-hydrogen) atoms. The zero-order valence-corrected chi connectivity index (χ0v) is 10.9. The molecule has 0 fully saturated rings. The van der Waals surface area contributed by atoms with E-state index >= 15 is 0 Å². The summed E-state index contributed by atoms with van der Waals surface area (Å²) in [6.45, 7) is 2.06. The summed E-state index contributed by atoms with van der Waals surface area (Å²) in [6, 6.07) is 1.71. The predicted octanol–water partition coefficient (Wildman–Crippen LogP) is 1.50. The van der Waals surface area contributed by atoms with Gasteiger partial charge in [0.05, 0.1) is 10.9 Å². The minimum absolute atomic E-state index is 0.411. The SMILES string of the molecule is CC(CCn1nnnc1-c1ccncc1Cl)C(=O)O. The number of carboxylic acid groups (broad SMARTS) is 1. The van der Waals surface area contributed by atoms with E-state index in [1.807, 2.05) is 0 Å². The molecule has 0 aromatic carbocycles. The number of tetrazole rings is 1. The van der Waals surface area contributed by atoms with Crippen LogP contribution in [0.4, 0.5) is 0 Å². The van der Waals surface area contributed by atoms with E-state index in [-0.39, 0.29) is 0 Å². The summed E-state index contributed by atoms with van der Waals surface area (Å²) in [5, 5.41) is 20.7. The molecule has 1 unspecified atom stereocenters. The number of aliphatic carboxylic acids is 1. The van der Waals surface area contributed by atoms with Gasteiger partial charge in [0.2, 0.25) is 0 Å². The Bertz CT molecular complexity index is 586. The molecule has 0 aliphatic carbocycles. The normalized spacial score (nSPS) is 12.3. The van der Waals surface area contributed by atoms with Gasteiger partial charge in [-0.1, -0.05) is 18.5 Å². The Morgan fingerprint density at radius 1 is 1.58 bits per heavy atom. The highest BCUT2D eigenvalue weighted by atomic mass is 35.5. The van der Waals surface area contributed by atoms with Crippen molar-refractivity contribution >= 4 is 17.6 Å². The number of carboxylic acids is 1. The molecule has 1 atom stereocenters. The first-order chi connectivity index (χ1) is 9.09. The highest BCUT2D eigenvalue weighted by Crippen LogP contribution is 2.24. The van der Waals surface area contributed by atoms with Crippen LogP contribution in [0.15, 0.2) is 18.5 Å². The quantitative estimate of drug-likeness (QED) is 0.892. The third kappa shape index (κ3) is 3.05.